The first-order valence-electron chi connectivity index (χ1n) is 4.82. The molecule has 0 atom stereocenters. The molecule has 0 bridgehead atoms. The smallest absolute Gasteiger partial charge is 0.404 e. The maximum absolute atomic E-state index is 10.2. The van der Waals surface area contributed by atoms with Crippen molar-refractivity contribution in [3.05, 3.63) is 24.3 Å². The fourth-order valence-corrected chi connectivity index (χ4v) is 1.29. The highest BCUT2D eigenvalue weighted by atomic mass is 16.4. The third kappa shape index (κ3) is 2.41. The number of fused-ring (bicyclic) bond motifs is 1. The molecule has 0 fully saturated rings. The van der Waals surface area contributed by atoms with E-state index in [0.29, 0.717) is 24.7 Å². The lowest BCUT2D eigenvalue weighted by Gasteiger charge is -2.00. The minimum atomic E-state index is -1.04. The van der Waals surface area contributed by atoms with Gasteiger partial charge in [-0.15, -0.1) is 0 Å². The molecule has 6 nitrogen and oxygen atoms in total. The Bertz CT molecular complexity index is 462. The van der Waals surface area contributed by atoms with Crippen molar-refractivity contribution in [3.8, 4) is 0 Å². The van der Waals surface area contributed by atoms with Crippen LogP contribution in [0.15, 0.2) is 28.7 Å². The van der Waals surface area contributed by atoms with Crippen LogP contribution in [0.25, 0.3) is 11.1 Å². The van der Waals surface area contributed by atoms with E-state index in [4.69, 9.17) is 9.52 Å². The molecule has 1 aromatic carbocycles. The topological polar surface area (TPSA) is 87.4 Å². The second-order valence-corrected chi connectivity index (χ2v) is 3.15. The molecule has 0 unspecified atom stereocenters. The Kier molecular flexibility index (Phi) is 2.90. The standard InChI is InChI=1S/C10H11N3O3/c14-10(15)12-6-5-11-9-13-7-3-1-2-4-8(7)16-9/h1-4,12H,5-6H2,(H,11,13)(H,14,15). The molecule has 0 saturated carbocycles. The van der Waals surface area contributed by atoms with Gasteiger partial charge in [0.25, 0.3) is 6.01 Å². The fourth-order valence-electron chi connectivity index (χ4n) is 1.29. The highest BCUT2D eigenvalue weighted by Crippen LogP contribution is 2.17. The zero-order valence-corrected chi connectivity index (χ0v) is 8.43. The van der Waals surface area contributed by atoms with E-state index < -0.39 is 6.09 Å². The Morgan fingerprint density at radius 1 is 1.38 bits per heavy atom. The first-order chi connectivity index (χ1) is 7.75. The normalized spacial score (nSPS) is 10.2. The van der Waals surface area contributed by atoms with Crippen LogP contribution >= 0.6 is 0 Å². The Morgan fingerprint density at radius 3 is 2.94 bits per heavy atom. The molecule has 2 rings (SSSR count). The lowest BCUT2D eigenvalue weighted by molar-refractivity contribution is 0.195. The lowest BCUT2D eigenvalue weighted by atomic mass is 10.3. The first-order valence-corrected chi connectivity index (χ1v) is 4.82. The van der Waals surface area contributed by atoms with Crippen molar-refractivity contribution < 1.29 is 14.3 Å². The van der Waals surface area contributed by atoms with E-state index in [1.807, 2.05) is 24.3 Å². The number of aromatic nitrogens is 1. The van der Waals surface area contributed by atoms with E-state index in [1.165, 1.54) is 0 Å². The zero-order valence-electron chi connectivity index (χ0n) is 8.43. The van der Waals surface area contributed by atoms with E-state index in [1.54, 1.807) is 0 Å². The Hall–Kier alpha value is -2.24. The van der Waals surface area contributed by atoms with Gasteiger partial charge in [-0.05, 0) is 12.1 Å². The zero-order chi connectivity index (χ0) is 11.4. The van der Waals surface area contributed by atoms with Crippen molar-refractivity contribution in [2.75, 3.05) is 18.4 Å². The summed E-state index contributed by atoms with van der Waals surface area (Å²) < 4.78 is 5.38. The highest BCUT2D eigenvalue weighted by Gasteiger charge is 2.03. The molecule has 84 valence electrons. The van der Waals surface area contributed by atoms with Crippen molar-refractivity contribution >= 4 is 23.2 Å². The van der Waals surface area contributed by atoms with Crippen molar-refractivity contribution in [3.63, 3.8) is 0 Å². The molecule has 0 aliphatic heterocycles. The fraction of sp³-hybridized carbons (Fsp3) is 0.200. The quantitative estimate of drug-likeness (QED) is 0.681. The number of benzene rings is 1. The Balaban J connectivity index is 1.92. The molecule has 0 aliphatic rings. The van der Waals surface area contributed by atoms with Crippen LogP contribution in [0.3, 0.4) is 0 Å². The molecule has 0 saturated heterocycles. The number of anilines is 1. The molecule has 3 N–H and O–H groups in total. The molecular formula is C10H11N3O3. The van der Waals surface area contributed by atoms with Crippen LogP contribution in [0.1, 0.15) is 0 Å². The number of nitrogens with one attached hydrogen (secondary N) is 2. The predicted molar refractivity (Wildman–Crippen MR) is 58.5 cm³/mol. The summed E-state index contributed by atoms with van der Waals surface area (Å²) in [5.74, 6) is 0. The molecule has 1 amide bonds. The number of rotatable bonds is 4. The summed E-state index contributed by atoms with van der Waals surface area (Å²) in [4.78, 5) is 14.3. The largest absolute Gasteiger partial charge is 0.465 e. The van der Waals surface area contributed by atoms with Gasteiger partial charge in [0.05, 0.1) is 0 Å². The van der Waals surface area contributed by atoms with Gasteiger partial charge in [0.15, 0.2) is 5.58 Å². The maximum atomic E-state index is 10.2. The number of amides is 1. The average Bonchev–Trinajstić information content (AvgIpc) is 2.66. The second-order valence-electron chi connectivity index (χ2n) is 3.15. The number of hydrogen-bond acceptors (Lipinski definition) is 4. The van der Waals surface area contributed by atoms with Gasteiger partial charge in [0.2, 0.25) is 0 Å². The van der Waals surface area contributed by atoms with Gasteiger partial charge in [-0.2, -0.15) is 4.98 Å². The van der Waals surface area contributed by atoms with E-state index in [2.05, 4.69) is 15.6 Å². The van der Waals surface area contributed by atoms with Gasteiger partial charge in [-0.1, -0.05) is 12.1 Å². The predicted octanol–water partition coefficient (Wildman–Crippen LogP) is 1.51. The summed E-state index contributed by atoms with van der Waals surface area (Å²) in [5, 5.41) is 13.5. The van der Waals surface area contributed by atoms with Gasteiger partial charge in [-0.25, -0.2) is 4.79 Å². The van der Waals surface area contributed by atoms with Crippen molar-refractivity contribution in [1.82, 2.24) is 10.3 Å². The number of carboxylic acid groups (broad SMARTS) is 1. The minimum Gasteiger partial charge on any atom is -0.465 e. The van der Waals surface area contributed by atoms with E-state index in [0.717, 1.165) is 5.52 Å². The van der Waals surface area contributed by atoms with Crippen LogP contribution in [0.5, 0.6) is 0 Å². The monoisotopic (exact) mass is 221 g/mol. The maximum Gasteiger partial charge on any atom is 0.404 e. The van der Waals surface area contributed by atoms with Crippen LogP contribution < -0.4 is 10.6 Å². The van der Waals surface area contributed by atoms with Crippen LogP contribution in [0.4, 0.5) is 10.8 Å². The lowest BCUT2D eigenvalue weighted by Crippen LogP contribution is -2.26. The number of carbonyl (C=O) groups is 1. The SMILES string of the molecule is O=C(O)NCCNc1nc2ccccc2o1. The summed E-state index contributed by atoms with van der Waals surface area (Å²) in [6, 6.07) is 7.81. The van der Waals surface area contributed by atoms with Gasteiger partial charge in [-0.3, -0.25) is 0 Å². The van der Waals surface area contributed by atoms with E-state index in [-0.39, 0.29) is 0 Å². The molecule has 0 radical (unpaired) electrons. The van der Waals surface area contributed by atoms with Crippen molar-refractivity contribution in [2.24, 2.45) is 0 Å². The second kappa shape index (κ2) is 4.52. The molecule has 16 heavy (non-hydrogen) atoms. The third-order valence-electron chi connectivity index (χ3n) is 1.97. The Morgan fingerprint density at radius 2 is 2.19 bits per heavy atom. The molecule has 2 aromatic rings. The number of para-hydroxylation sites is 2. The van der Waals surface area contributed by atoms with E-state index >= 15 is 0 Å². The minimum absolute atomic E-state index is 0.300. The molecule has 0 spiro atoms. The van der Waals surface area contributed by atoms with Gasteiger partial charge >= 0.3 is 6.09 Å². The van der Waals surface area contributed by atoms with Crippen LogP contribution in [0.2, 0.25) is 0 Å². The Labute approximate surface area is 91.3 Å². The van der Waals surface area contributed by atoms with Gasteiger partial charge in [0, 0.05) is 13.1 Å². The third-order valence-corrected chi connectivity index (χ3v) is 1.97. The summed E-state index contributed by atoms with van der Waals surface area (Å²) >= 11 is 0. The first kappa shape index (κ1) is 10.3. The van der Waals surface area contributed by atoms with Crippen LogP contribution in [0, 0.1) is 0 Å². The van der Waals surface area contributed by atoms with E-state index in [9.17, 15) is 4.79 Å². The molecule has 1 aromatic heterocycles. The van der Waals surface area contributed by atoms with Crippen LogP contribution in [-0.2, 0) is 0 Å². The van der Waals surface area contributed by atoms with Gasteiger partial charge in [0.1, 0.15) is 5.52 Å². The van der Waals surface area contributed by atoms with Crippen molar-refractivity contribution in [2.45, 2.75) is 0 Å². The van der Waals surface area contributed by atoms with Gasteiger partial charge < -0.3 is 20.2 Å². The molecule has 1 heterocycles. The summed E-state index contributed by atoms with van der Waals surface area (Å²) in [6.45, 7) is 0.729. The summed E-state index contributed by atoms with van der Waals surface area (Å²) in [7, 11) is 0. The molecule has 0 aliphatic carbocycles. The molecule has 6 heteroatoms. The summed E-state index contributed by atoms with van der Waals surface area (Å²) in [5.41, 5.74) is 1.48. The van der Waals surface area contributed by atoms with Crippen LogP contribution in [-0.4, -0.2) is 29.3 Å². The summed E-state index contributed by atoms with van der Waals surface area (Å²) in [6.07, 6.45) is -1.04. The number of nitrogens with zero attached hydrogens (tertiary/aromatic N) is 1. The average molecular weight is 221 g/mol. The highest BCUT2D eigenvalue weighted by molar-refractivity contribution is 5.74. The molecular weight excluding hydrogens is 210 g/mol. The van der Waals surface area contributed by atoms with Crippen molar-refractivity contribution in [1.29, 1.82) is 0 Å². The number of hydrogen-bond donors (Lipinski definition) is 3. The number of oxazole rings is 1.